The Bertz CT molecular complexity index is 170. The monoisotopic (exact) mass is 240 g/mol. The minimum Gasteiger partial charge on any atom is -0.316 e. The molecule has 0 aromatic heterocycles. The Hall–Kier alpha value is -0.0800. The van der Waals surface area contributed by atoms with Gasteiger partial charge in [-0.2, -0.15) is 0 Å². The lowest BCUT2D eigenvalue weighted by Gasteiger charge is -2.32. The molecular weight excluding hydrogens is 208 g/mol. The molecule has 1 rings (SSSR count). The molecule has 0 bridgehead atoms. The molecule has 2 heteroatoms. The third-order valence-corrected chi connectivity index (χ3v) is 3.79. The maximum atomic E-state index is 3.58. The molecule has 0 amide bonds. The van der Waals surface area contributed by atoms with Crippen LogP contribution < -0.4 is 5.32 Å². The molecule has 2 nitrogen and oxygen atoms in total. The van der Waals surface area contributed by atoms with E-state index < -0.39 is 0 Å². The molecule has 1 aliphatic rings. The Morgan fingerprint density at radius 3 is 2.76 bits per heavy atom. The van der Waals surface area contributed by atoms with Crippen molar-refractivity contribution in [2.75, 3.05) is 32.7 Å². The molecule has 0 aromatic rings. The van der Waals surface area contributed by atoms with Crippen molar-refractivity contribution in [1.29, 1.82) is 0 Å². The number of unbranched alkanes of at least 4 members (excludes halogenated alkanes) is 3. The smallest absolute Gasteiger partial charge is 0.00218 e. The van der Waals surface area contributed by atoms with Gasteiger partial charge in [0.2, 0.25) is 0 Å². The predicted octanol–water partition coefficient (Wildman–Crippen LogP) is 3.28. The summed E-state index contributed by atoms with van der Waals surface area (Å²) in [5, 5.41) is 3.58. The molecule has 1 heterocycles. The van der Waals surface area contributed by atoms with Gasteiger partial charge >= 0.3 is 0 Å². The Morgan fingerprint density at radius 1 is 1.12 bits per heavy atom. The van der Waals surface area contributed by atoms with E-state index in [-0.39, 0.29) is 0 Å². The summed E-state index contributed by atoms with van der Waals surface area (Å²) in [5.74, 6) is 0.904. The van der Waals surface area contributed by atoms with E-state index in [4.69, 9.17) is 0 Å². The van der Waals surface area contributed by atoms with Crippen LogP contribution in [0.1, 0.15) is 58.8 Å². The maximum Gasteiger partial charge on any atom is 0.00218 e. The van der Waals surface area contributed by atoms with Gasteiger partial charge in [0.05, 0.1) is 0 Å². The molecule has 17 heavy (non-hydrogen) atoms. The lowest BCUT2D eigenvalue weighted by atomic mass is 9.97. The van der Waals surface area contributed by atoms with Crippen LogP contribution in [-0.4, -0.2) is 37.6 Å². The van der Waals surface area contributed by atoms with Crippen LogP contribution >= 0.6 is 0 Å². The molecule has 0 aromatic carbocycles. The fourth-order valence-corrected chi connectivity index (χ4v) is 2.77. The highest BCUT2D eigenvalue weighted by Crippen LogP contribution is 2.16. The molecule has 0 spiro atoms. The first-order valence-electron chi connectivity index (χ1n) is 7.79. The first-order chi connectivity index (χ1) is 8.36. The van der Waals surface area contributed by atoms with Gasteiger partial charge in [0.25, 0.3) is 0 Å². The van der Waals surface area contributed by atoms with Crippen molar-refractivity contribution in [2.45, 2.75) is 58.8 Å². The number of rotatable bonds is 9. The SMILES string of the molecule is CCCCCCN1CCCC(CNCCC)C1. The van der Waals surface area contributed by atoms with Crippen LogP contribution in [0.25, 0.3) is 0 Å². The van der Waals surface area contributed by atoms with Gasteiger partial charge in [-0.3, -0.25) is 0 Å². The Morgan fingerprint density at radius 2 is 2.00 bits per heavy atom. The minimum absolute atomic E-state index is 0.904. The van der Waals surface area contributed by atoms with Crippen molar-refractivity contribution in [2.24, 2.45) is 5.92 Å². The summed E-state index contributed by atoms with van der Waals surface area (Å²) in [6.07, 6.45) is 9.69. The molecule has 102 valence electrons. The first kappa shape index (κ1) is 15.0. The maximum absolute atomic E-state index is 3.58. The highest BCUT2D eigenvalue weighted by molar-refractivity contribution is 4.74. The van der Waals surface area contributed by atoms with Crippen LogP contribution in [-0.2, 0) is 0 Å². The summed E-state index contributed by atoms with van der Waals surface area (Å²) in [6, 6.07) is 0. The van der Waals surface area contributed by atoms with Crippen LogP contribution in [0.15, 0.2) is 0 Å². The van der Waals surface area contributed by atoms with Gasteiger partial charge in [0.15, 0.2) is 0 Å². The van der Waals surface area contributed by atoms with Gasteiger partial charge in [0, 0.05) is 6.54 Å². The van der Waals surface area contributed by atoms with Crippen LogP contribution in [0.5, 0.6) is 0 Å². The first-order valence-corrected chi connectivity index (χ1v) is 7.79. The van der Waals surface area contributed by atoms with E-state index in [0.717, 1.165) is 5.92 Å². The third-order valence-electron chi connectivity index (χ3n) is 3.79. The van der Waals surface area contributed by atoms with Gasteiger partial charge in [-0.05, 0) is 57.8 Å². The van der Waals surface area contributed by atoms with E-state index in [1.54, 1.807) is 0 Å². The van der Waals surface area contributed by atoms with Gasteiger partial charge < -0.3 is 10.2 Å². The average molecular weight is 240 g/mol. The highest BCUT2D eigenvalue weighted by Gasteiger charge is 2.18. The van der Waals surface area contributed by atoms with Crippen LogP contribution in [0, 0.1) is 5.92 Å². The van der Waals surface area contributed by atoms with E-state index in [1.807, 2.05) is 0 Å². The van der Waals surface area contributed by atoms with Gasteiger partial charge in [-0.25, -0.2) is 0 Å². The molecule has 1 saturated heterocycles. The number of hydrogen-bond donors (Lipinski definition) is 1. The van der Waals surface area contributed by atoms with Crippen molar-refractivity contribution in [1.82, 2.24) is 10.2 Å². The summed E-state index contributed by atoms with van der Waals surface area (Å²) >= 11 is 0. The van der Waals surface area contributed by atoms with Crippen molar-refractivity contribution >= 4 is 0 Å². The van der Waals surface area contributed by atoms with Gasteiger partial charge in [-0.1, -0.05) is 33.1 Å². The minimum atomic E-state index is 0.904. The average Bonchev–Trinajstić information content (AvgIpc) is 2.36. The largest absolute Gasteiger partial charge is 0.316 e. The van der Waals surface area contributed by atoms with E-state index in [1.165, 1.54) is 77.7 Å². The topological polar surface area (TPSA) is 15.3 Å². The van der Waals surface area contributed by atoms with Gasteiger partial charge in [-0.15, -0.1) is 0 Å². The normalized spacial score (nSPS) is 21.9. The molecular formula is C15H32N2. The number of hydrogen-bond acceptors (Lipinski definition) is 2. The Balaban J connectivity index is 2.06. The molecule has 1 unspecified atom stereocenters. The number of piperidine rings is 1. The number of nitrogens with one attached hydrogen (secondary N) is 1. The molecule has 1 atom stereocenters. The van der Waals surface area contributed by atoms with Crippen LogP contribution in [0.4, 0.5) is 0 Å². The van der Waals surface area contributed by atoms with E-state index >= 15 is 0 Å². The molecule has 1 aliphatic heterocycles. The second-order valence-corrected chi connectivity index (χ2v) is 5.57. The van der Waals surface area contributed by atoms with Crippen molar-refractivity contribution in [3.63, 3.8) is 0 Å². The molecule has 0 saturated carbocycles. The van der Waals surface area contributed by atoms with Crippen molar-refractivity contribution in [3.8, 4) is 0 Å². The van der Waals surface area contributed by atoms with Gasteiger partial charge in [0.1, 0.15) is 0 Å². The zero-order valence-corrected chi connectivity index (χ0v) is 12.0. The summed E-state index contributed by atoms with van der Waals surface area (Å²) in [5.41, 5.74) is 0. The lowest BCUT2D eigenvalue weighted by molar-refractivity contribution is 0.169. The number of likely N-dealkylation sites (tertiary alicyclic amines) is 1. The summed E-state index contributed by atoms with van der Waals surface area (Å²) in [6.45, 7) is 11.0. The zero-order valence-electron chi connectivity index (χ0n) is 12.0. The predicted molar refractivity (Wildman–Crippen MR) is 76.5 cm³/mol. The third kappa shape index (κ3) is 7.05. The molecule has 1 fully saturated rings. The second-order valence-electron chi connectivity index (χ2n) is 5.57. The second kappa shape index (κ2) is 9.90. The van der Waals surface area contributed by atoms with Crippen LogP contribution in [0.2, 0.25) is 0 Å². The lowest BCUT2D eigenvalue weighted by Crippen LogP contribution is -2.40. The van der Waals surface area contributed by atoms with E-state index in [0.29, 0.717) is 0 Å². The van der Waals surface area contributed by atoms with Crippen molar-refractivity contribution in [3.05, 3.63) is 0 Å². The standard InChI is InChI=1S/C15H32N2/c1-3-5-6-7-11-17-12-8-9-15(14-17)13-16-10-4-2/h15-16H,3-14H2,1-2H3. The summed E-state index contributed by atoms with van der Waals surface area (Å²) in [4.78, 5) is 2.69. The highest BCUT2D eigenvalue weighted by atomic mass is 15.1. The molecule has 1 N–H and O–H groups in total. The number of nitrogens with zero attached hydrogens (tertiary/aromatic N) is 1. The Kier molecular flexibility index (Phi) is 8.72. The van der Waals surface area contributed by atoms with Crippen molar-refractivity contribution < 1.29 is 0 Å². The summed E-state index contributed by atoms with van der Waals surface area (Å²) < 4.78 is 0. The Labute approximate surface area is 108 Å². The molecule has 0 radical (unpaired) electrons. The summed E-state index contributed by atoms with van der Waals surface area (Å²) in [7, 11) is 0. The fraction of sp³-hybridized carbons (Fsp3) is 1.00. The van der Waals surface area contributed by atoms with E-state index in [9.17, 15) is 0 Å². The molecule has 0 aliphatic carbocycles. The van der Waals surface area contributed by atoms with E-state index in [2.05, 4.69) is 24.1 Å². The zero-order chi connectivity index (χ0) is 12.3. The van der Waals surface area contributed by atoms with Crippen LogP contribution in [0.3, 0.4) is 0 Å². The fourth-order valence-electron chi connectivity index (χ4n) is 2.77. The quantitative estimate of drug-likeness (QED) is 0.622.